The van der Waals surface area contributed by atoms with E-state index in [1.807, 2.05) is 0 Å². The third kappa shape index (κ3) is 2.51. The molecule has 1 aliphatic rings. The molecule has 0 aliphatic carbocycles. The molecular weight excluding hydrogens is 133 g/mol. The van der Waals surface area contributed by atoms with Gasteiger partial charge in [-0.05, 0) is 32.4 Å². The summed E-state index contributed by atoms with van der Waals surface area (Å²) >= 11 is 0. The van der Waals surface area contributed by atoms with Crippen molar-refractivity contribution in [3.63, 3.8) is 0 Å². The normalized spacial score (nSPS) is 33.5. The van der Waals surface area contributed by atoms with Crippen LogP contribution in [0.2, 0.25) is 5.82 Å². The lowest BCUT2D eigenvalue weighted by Gasteiger charge is -2.20. The molecule has 0 aromatic carbocycles. The van der Waals surface area contributed by atoms with E-state index >= 15 is 0 Å². The van der Waals surface area contributed by atoms with Gasteiger partial charge in [0.1, 0.15) is 7.85 Å². The lowest BCUT2D eigenvalue weighted by Crippen LogP contribution is -2.26. The molecule has 0 aromatic heterocycles. The Kier molecular flexibility index (Phi) is 3.00. The van der Waals surface area contributed by atoms with Crippen LogP contribution < -0.4 is 0 Å². The van der Waals surface area contributed by atoms with Gasteiger partial charge in [-0.25, -0.2) is 0 Å². The summed E-state index contributed by atoms with van der Waals surface area (Å²) < 4.78 is 0. The zero-order valence-corrected chi connectivity index (χ0v) is 8.30. The van der Waals surface area contributed by atoms with Crippen LogP contribution >= 0.6 is 0 Å². The zero-order valence-electron chi connectivity index (χ0n) is 8.30. The second-order valence-electron chi connectivity index (χ2n) is 4.56. The molecule has 1 nitrogen and oxygen atoms in total. The van der Waals surface area contributed by atoms with Crippen LogP contribution in [0.25, 0.3) is 0 Å². The van der Waals surface area contributed by atoms with Crippen molar-refractivity contribution in [2.75, 3.05) is 13.6 Å². The highest BCUT2D eigenvalue weighted by molar-refractivity contribution is 6.12. The van der Waals surface area contributed by atoms with Crippen molar-refractivity contribution < 1.29 is 0 Å². The van der Waals surface area contributed by atoms with E-state index in [1.165, 1.54) is 19.4 Å². The molecule has 0 radical (unpaired) electrons. The van der Waals surface area contributed by atoms with Gasteiger partial charge in [-0.3, -0.25) is 0 Å². The van der Waals surface area contributed by atoms with Crippen LogP contribution in [0.4, 0.5) is 0 Å². The molecule has 0 spiro atoms. The van der Waals surface area contributed by atoms with Gasteiger partial charge in [0.15, 0.2) is 0 Å². The molecule has 0 saturated carbocycles. The summed E-state index contributed by atoms with van der Waals surface area (Å²) in [6.07, 6.45) is 2.79. The summed E-state index contributed by atoms with van der Waals surface area (Å²) in [5.41, 5.74) is 0. The molecule has 1 aliphatic heterocycles. The van der Waals surface area contributed by atoms with Crippen molar-refractivity contribution in [2.24, 2.45) is 5.92 Å². The summed E-state index contributed by atoms with van der Waals surface area (Å²) in [6.45, 7) is 5.94. The van der Waals surface area contributed by atoms with E-state index in [2.05, 4.69) is 33.6 Å². The molecule has 2 atom stereocenters. The Morgan fingerprint density at radius 2 is 2.18 bits per heavy atom. The first-order valence-corrected chi connectivity index (χ1v) is 4.79. The largest absolute Gasteiger partial charge is 0.304 e. The third-order valence-electron chi connectivity index (χ3n) is 2.64. The Morgan fingerprint density at radius 3 is 2.55 bits per heavy atom. The monoisotopic (exact) mass is 153 g/mol. The quantitative estimate of drug-likeness (QED) is 0.538. The maximum absolute atomic E-state index is 2.52. The van der Waals surface area contributed by atoms with Crippen LogP contribution in [0, 0.1) is 5.92 Å². The van der Waals surface area contributed by atoms with Gasteiger partial charge in [-0.1, -0.05) is 19.7 Å². The lowest BCUT2D eigenvalue weighted by atomic mass is 9.84. The van der Waals surface area contributed by atoms with Gasteiger partial charge >= 0.3 is 0 Å². The fourth-order valence-corrected chi connectivity index (χ4v) is 2.18. The Morgan fingerprint density at radius 1 is 1.55 bits per heavy atom. The van der Waals surface area contributed by atoms with E-state index in [9.17, 15) is 0 Å². The van der Waals surface area contributed by atoms with Crippen molar-refractivity contribution in [1.82, 2.24) is 4.90 Å². The summed E-state index contributed by atoms with van der Waals surface area (Å²) in [7, 11) is 4.62. The van der Waals surface area contributed by atoms with Crippen LogP contribution in [0.1, 0.15) is 26.7 Å². The molecule has 2 heteroatoms. The fraction of sp³-hybridized carbons (Fsp3) is 1.00. The maximum Gasteiger partial charge on any atom is 0.107 e. The van der Waals surface area contributed by atoms with Crippen LogP contribution in [0.5, 0.6) is 0 Å². The molecule has 0 N–H and O–H groups in total. The van der Waals surface area contributed by atoms with Gasteiger partial charge in [0.05, 0.1) is 0 Å². The van der Waals surface area contributed by atoms with E-state index in [1.54, 1.807) is 0 Å². The number of likely N-dealkylation sites (tertiary alicyclic amines) is 1. The molecule has 1 heterocycles. The molecule has 1 saturated heterocycles. The summed E-state index contributed by atoms with van der Waals surface area (Å²) in [5, 5.41) is 0. The van der Waals surface area contributed by atoms with Crippen LogP contribution in [0.15, 0.2) is 0 Å². The first-order chi connectivity index (χ1) is 5.09. The summed E-state index contributed by atoms with van der Waals surface area (Å²) in [4.78, 5) is 2.52. The Hall–Kier alpha value is 0.0249. The highest BCUT2D eigenvalue weighted by atomic mass is 15.1. The van der Waals surface area contributed by atoms with E-state index in [0.29, 0.717) is 0 Å². The molecule has 0 aromatic rings. The van der Waals surface area contributed by atoms with Crippen molar-refractivity contribution in [1.29, 1.82) is 0 Å². The van der Waals surface area contributed by atoms with Crippen molar-refractivity contribution in [3.8, 4) is 0 Å². The van der Waals surface area contributed by atoms with Gasteiger partial charge in [0, 0.05) is 6.04 Å². The highest BCUT2D eigenvalue weighted by Gasteiger charge is 2.26. The minimum absolute atomic E-state index is 0.854. The van der Waals surface area contributed by atoms with Gasteiger partial charge < -0.3 is 4.90 Å². The maximum atomic E-state index is 2.52. The molecule has 64 valence electrons. The standard InChI is InChI=1S/C9H20BN/c1-7(2)4-9-5-8(10)6-11(9)3/h7-9H,4-6,10H2,1-3H3/t8?,9-/m1/s1. The Bertz CT molecular complexity index is 125. The van der Waals surface area contributed by atoms with E-state index in [4.69, 9.17) is 0 Å². The van der Waals surface area contributed by atoms with E-state index in [-0.39, 0.29) is 0 Å². The number of hydrogen-bond donors (Lipinski definition) is 0. The summed E-state index contributed by atoms with van der Waals surface area (Å²) in [5.74, 6) is 1.77. The van der Waals surface area contributed by atoms with Crippen LogP contribution in [-0.2, 0) is 0 Å². The fourth-order valence-electron chi connectivity index (χ4n) is 2.18. The average molecular weight is 153 g/mol. The lowest BCUT2D eigenvalue weighted by molar-refractivity contribution is 0.272. The van der Waals surface area contributed by atoms with Gasteiger partial charge in [0.2, 0.25) is 0 Å². The highest BCUT2D eigenvalue weighted by Crippen LogP contribution is 2.27. The second-order valence-corrected chi connectivity index (χ2v) is 4.56. The molecule has 1 rings (SSSR count). The zero-order chi connectivity index (χ0) is 8.43. The molecule has 1 fully saturated rings. The smallest absolute Gasteiger partial charge is 0.107 e. The Labute approximate surface area is 71.6 Å². The molecule has 0 amide bonds. The second kappa shape index (κ2) is 3.62. The van der Waals surface area contributed by atoms with Crippen molar-refractivity contribution >= 4 is 7.85 Å². The molecular formula is C9H20BN. The third-order valence-corrected chi connectivity index (χ3v) is 2.64. The van der Waals surface area contributed by atoms with Crippen LogP contribution in [-0.4, -0.2) is 32.4 Å². The van der Waals surface area contributed by atoms with Gasteiger partial charge in [0.25, 0.3) is 0 Å². The number of rotatable bonds is 2. The number of nitrogens with zero attached hydrogens (tertiary/aromatic N) is 1. The SMILES string of the molecule is BC1C[C@@H](CC(C)C)N(C)C1. The Balaban J connectivity index is 2.34. The van der Waals surface area contributed by atoms with Crippen molar-refractivity contribution in [2.45, 2.75) is 38.5 Å². The molecule has 11 heavy (non-hydrogen) atoms. The van der Waals surface area contributed by atoms with E-state index < -0.39 is 0 Å². The minimum atomic E-state index is 0.854. The predicted octanol–water partition coefficient (Wildman–Crippen LogP) is 1.16. The first-order valence-electron chi connectivity index (χ1n) is 4.79. The number of hydrogen-bond acceptors (Lipinski definition) is 1. The molecule has 0 bridgehead atoms. The average Bonchev–Trinajstić information content (AvgIpc) is 2.09. The predicted molar refractivity (Wildman–Crippen MR) is 52.8 cm³/mol. The van der Waals surface area contributed by atoms with Crippen molar-refractivity contribution in [3.05, 3.63) is 0 Å². The van der Waals surface area contributed by atoms with Gasteiger partial charge in [-0.2, -0.15) is 0 Å². The van der Waals surface area contributed by atoms with Crippen LogP contribution in [0.3, 0.4) is 0 Å². The summed E-state index contributed by atoms with van der Waals surface area (Å²) in [6, 6.07) is 0.866. The first kappa shape index (κ1) is 9.12. The topological polar surface area (TPSA) is 3.24 Å². The minimum Gasteiger partial charge on any atom is -0.304 e. The molecule has 1 unspecified atom stereocenters. The van der Waals surface area contributed by atoms with E-state index in [0.717, 1.165) is 17.8 Å². The van der Waals surface area contributed by atoms with Gasteiger partial charge in [-0.15, -0.1) is 0 Å².